The van der Waals surface area contributed by atoms with E-state index in [2.05, 4.69) is 12.2 Å². The maximum atomic E-state index is 12.8. The summed E-state index contributed by atoms with van der Waals surface area (Å²) >= 11 is 0. The maximum absolute atomic E-state index is 12.8. The van der Waals surface area contributed by atoms with Gasteiger partial charge in [0, 0.05) is 45.2 Å². The number of nitrogens with zero attached hydrogens (tertiary/aromatic N) is 2. The Labute approximate surface area is 175 Å². The second-order valence-corrected chi connectivity index (χ2v) is 9.54. The highest BCUT2D eigenvalue weighted by molar-refractivity contribution is 7.89. The van der Waals surface area contributed by atoms with Crippen molar-refractivity contribution in [1.82, 2.24) is 14.5 Å². The number of benzene rings is 1. The second-order valence-electron chi connectivity index (χ2n) is 7.60. The summed E-state index contributed by atoms with van der Waals surface area (Å²) in [5.41, 5.74) is 1.00. The Morgan fingerprint density at radius 1 is 1.07 bits per heavy atom. The Morgan fingerprint density at radius 3 is 2.32 bits per heavy atom. The third kappa shape index (κ3) is 5.69. The zero-order chi connectivity index (χ0) is 19.3. The molecule has 1 aromatic carbocycles. The quantitative estimate of drug-likeness (QED) is 0.780. The number of amides is 1. The predicted octanol–water partition coefficient (Wildman–Crippen LogP) is 2.43. The molecule has 1 amide bonds. The van der Waals surface area contributed by atoms with Crippen LogP contribution in [-0.2, 0) is 21.2 Å². The standard InChI is InChI=1S/C20H31N3O3S.ClH/c1-17-16-21-12-15-23(17)20(24)11-8-18-6-9-19(10-7-18)27(25,26)22-13-4-2-3-5-14-22;/h6-7,9-10,17,21H,2-5,8,11-16H2,1H3;1H/t17-;/m1./s1. The molecule has 0 unspecified atom stereocenters. The number of carbonyl (C=O) groups is 1. The molecule has 0 bridgehead atoms. The third-order valence-electron chi connectivity index (χ3n) is 5.58. The van der Waals surface area contributed by atoms with E-state index >= 15 is 0 Å². The fourth-order valence-corrected chi connectivity index (χ4v) is 5.38. The van der Waals surface area contributed by atoms with E-state index in [4.69, 9.17) is 0 Å². The topological polar surface area (TPSA) is 69.7 Å². The van der Waals surface area contributed by atoms with Crippen LogP contribution in [-0.4, -0.2) is 62.3 Å². The van der Waals surface area contributed by atoms with Crippen molar-refractivity contribution in [2.75, 3.05) is 32.7 Å². The molecule has 1 N–H and O–H groups in total. The van der Waals surface area contributed by atoms with Crippen LogP contribution in [0.4, 0.5) is 0 Å². The Hall–Kier alpha value is -1.15. The minimum Gasteiger partial charge on any atom is -0.337 e. The third-order valence-corrected chi connectivity index (χ3v) is 7.49. The maximum Gasteiger partial charge on any atom is 0.243 e. The Balaban J connectivity index is 0.00000280. The first-order valence-electron chi connectivity index (χ1n) is 10.1. The first-order valence-corrected chi connectivity index (χ1v) is 11.5. The first-order chi connectivity index (χ1) is 13.0. The number of hydrogen-bond acceptors (Lipinski definition) is 4. The number of halogens is 1. The summed E-state index contributed by atoms with van der Waals surface area (Å²) in [4.78, 5) is 14.7. The second kappa shape index (κ2) is 10.6. The van der Waals surface area contributed by atoms with Crippen molar-refractivity contribution in [3.63, 3.8) is 0 Å². The van der Waals surface area contributed by atoms with Crippen LogP contribution < -0.4 is 5.32 Å². The van der Waals surface area contributed by atoms with Crippen LogP contribution in [0, 0.1) is 0 Å². The van der Waals surface area contributed by atoms with E-state index in [1.54, 1.807) is 16.4 Å². The summed E-state index contributed by atoms with van der Waals surface area (Å²) in [5.74, 6) is 0.172. The van der Waals surface area contributed by atoms with E-state index < -0.39 is 10.0 Å². The van der Waals surface area contributed by atoms with Gasteiger partial charge in [0.2, 0.25) is 15.9 Å². The van der Waals surface area contributed by atoms with Gasteiger partial charge in [-0.1, -0.05) is 25.0 Å². The predicted molar refractivity (Wildman–Crippen MR) is 113 cm³/mol. The summed E-state index contributed by atoms with van der Waals surface area (Å²) in [6, 6.07) is 7.30. The number of sulfonamides is 1. The molecule has 0 aliphatic carbocycles. The summed E-state index contributed by atoms with van der Waals surface area (Å²) in [7, 11) is -3.41. The number of aryl methyl sites for hydroxylation is 1. The van der Waals surface area contributed by atoms with Gasteiger partial charge in [-0.15, -0.1) is 12.4 Å². The van der Waals surface area contributed by atoms with Crippen molar-refractivity contribution in [2.24, 2.45) is 0 Å². The lowest BCUT2D eigenvalue weighted by Gasteiger charge is -2.34. The molecule has 3 rings (SSSR count). The van der Waals surface area contributed by atoms with Crippen molar-refractivity contribution in [3.8, 4) is 0 Å². The molecule has 0 saturated carbocycles. The van der Waals surface area contributed by atoms with E-state index in [1.165, 1.54) is 0 Å². The molecule has 2 fully saturated rings. The van der Waals surface area contributed by atoms with Crippen molar-refractivity contribution in [1.29, 1.82) is 0 Å². The largest absolute Gasteiger partial charge is 0.337 e. The fraction of sp³-hybridized carbons (Fsp3) is 0.650. The molecule has 1 atom stereocenters. The average Bonchev–Trinajstić information content (AvgIpc) is 2.97. The molecule has 0 aromatic heterocycles. The van der Waals surface area contributed by atoms with Crippen molar-refractivity contribution in [3.05, 3.63) is 29.8 Å². The lowest BCUT2D eigenvalue weighted by Crippen LogP contribution is -2.52. The summed E-state index contributed by atoms with van der Waals surface area (Å²) in [6.45, 7) is 5.73. The van der Waals surface area contributed by atoms with Crippen molar-refractivity contribution >= 4 is 28.3 Å². The smallest absolute Gasteiger partial charge is 0.243 e. The molecular formula is C20H32ClN3O3S. The Bertz CT molecular complexity index is 732. The van der Waals surface area contributed by atoms with Gasteiger partial charge in [0.05, 0.1) is 4.90 Å². The molecular weight excluding hydrogens is 398 g/mol. The fourth-order valence-electron chi connectivity index (χ4n) is 3.87. The average molecular weight is 430 g/mol. The van der Waals surface area contributed by atoms with Crippen LogP contribution in [0.3, 0.4) is 0 Å². The van der Waals surface area contributed by atoms with E-state index in [1.807, 2.05) is 17.0 Å². The molecule has 2 aliphatic heterocycles. The van der Waals surface area contributed by atoms with Crippen LogP contribution in [0.2, 0.25) is 0 Å². The van der Waals surface area contributed by atoms with Crippen LogP contribution in [0.15, 0.2) is 29.2 Å². The molecule has 6 nitrogen and oxygen atoms in total. The molecule has 0 spiro atoms. The summed E-state index contributed by atoms with van der Waals surface area (Å²) in [5, 5.41) is 3.29. The number of hydrogen-bond donors (Lipinski definition) is 1. The van der Waals surface area contributed by atoms with Gasteiger partial charge in [0.15, 0.2) is 0 Å². The molecule has 158 valence electrons. The minimum atomic E-state index is -3.41. The molecule has 1 aromatic rings. The van der Waals surface area contributed by atoms with Gasteiger partial charge in [-0.2, -0.15) is 4.31 Å². The Morgan fingerprint density at radius 2 is 1.71 bits per heavy atom. The van der Waals surface area contributed by atoms with E-state index in [0.29, 0.717) is 30.8 Å². The zero-order valence-corrected chi connectivity index (χ0v) is 18.2. The Kier molecular flexibility index (Phi) is 8.74. The van der Waals surface area contributed by atoms with E-state index in [0.717, 1.165) is 50.9 Å². The highest BCUT2D eigenvalue weighted by Crippen LogP contribution is 2.21. The van der Waals surface area contributed by atoms with Crippen molar-refractivity contribution < 1.29 is 13.2 Å². The lowest BCUT2D eigenvalue weighted by molar-refractivity contribution is -0.133. The lowest BCUT2D eigenvalue weighted by atomic mass is 10.1. The minimum absolute atomic E-state index is 0. The summed E-state index contributed by atoms with van der Waals surface area (Å²) in [6.07, 6.45) is 5.17. The molecule has 2 heterocycles. The van der Waals surface area contributed by atoms with Gasteiger partial charge < -0.3 is 10.2 Å². The highest BCUT2D eigenvalue weighted by atomic mass is 35.5. The molecule has 0 radical (unpaired) electrons. The zero-order valence-electron chi connectivity index (χ0n) is 16.6. The number of nitrogens with one attached hydrogen (secondary N) is 1. The van der Waals surface area contributed by atoms with Gasteiger partial charge in [-0.05, 0) is 43.9 Å². The van der Waals surface area contributed by atoms with Gasteiger partial charge in [0.25, 0.3) is 0 Å². The van der Waals surface area contributed by atoms with E-state index in [-0.39, 0.29) is 24.4 Å². The highest BCUT2D eigenvalue weighted by Gasteiger charge is 2.25. The van der Waals surface area contributed by atoms with E-state index in [9.17, 15) is 13.2 Å². The molecule has 28 heavy (non-hydrogen) atoms. The molecule has 2 aliphatic rings. The molecule has 8 heteroatoms. The number of rotatable bonds is 5. The van der Waals surface area contributed by atoms with Crippen LogP contribution in [0.5, 0.6) is 0 Å². The van der Waals surface area contributed by atoms with Crippen LogP contribution >= 0.6 is 12.4 Å². The van der Waals surface area contributed by atoms with Crippen molar-refractivity contribution in [2.45, 2.75) is 56.4 Å². The van der Waals surface area contributed by atoms with Gasteiger partial charge >= 0.3 is 0 Å². The number of piperazine rings is 1. The summed E-state index contributed by atoms with van der Waals surface area (Å²) < 4.78 is 27.3. The monoisotopic (exact) mass is 429 g/mol. The van der Waals surface area contributed by atoms with Gasteiger partial charge in [-0.25, -0.2) is 8.42 Å². The van der Waals surface area contributed by atoms with Gasteiger partial charge in [-0.3, -0.25) is 4.79 Å². The van der Waals surface area contributed by atoms with Crippen LogP contribution in [0.25, 0.3) is 0 Å². The van der Waals surface area contributed by atoms with Crippen LogP contribution in [0.1, 0.15) is 44.6 Å². The normalized spacial score (nSPS) is 21.6. The first kappa shape index (κ1) is 23.1. The SMILES string of the molecule is C[C@@H]1CNCCN1C(=O)CCc1ccc(S(=O)(=O)N2CCCCCC2)cc1.Cl. The van der Waals surface area contributed by atoms with Gasteiger partial charge in [0.1, 0.15) is 0 Å². The number of carbonyl (C=O) groups excluding carboxylic acids is 1. The molecule has 2 saturated heterocycles.